The van der Waals surface area contributed by atoms with Crippen LogP contribution in [0.5, 0.6) is 0 Å². The Hall–Kier alpha value is -1.29. The summed E-state index contributed by atoms with van der Waals surface area (Å²) >= 11 is 3.33. The second kappa shape index (κ2) is 5.44. The fourth-order valence-electron chi connectivity index (χ4n) is 0.839. The van der Waals surface area contributed by atoms with E-state index in [0.29, 0.717) is 0 Å². The molecule has 0 bridgehead atoms. The summed E-state index contributed by atoms with van der Waals surface area (Å²) in [7, 11) is 1.32. The summed E-state index contributed by atoms with van der Waals surface area (Å²) in [5.74, 6) is 0. The van der Waals surface area contributed by atoms with Gasteiger partial charge in [-0.05, 0) is 23.8 Å². The van der Waals surface area contributed by atoms with Crippen molar-refractivity contribution in [3.63, 3.8) is 0 Å². The zero-order chi connectivity index (χ0) is 10.4. The second-order valence-corrected chi connectivity index (χ2v) is 3.44. The smallest absolute Gasteiger partial charge is 0.410 e. The highest BCUT2D eigenvalue weighted by molar-refractivity contribution is 9.10. The van der Waals surface area contributed by atoms with Gasteiger partial charge in [-0.3, -0.25) is 5.32 Å². The van der Waals surface area contributed by atoms with E-state index in [0.717, 1.165) is 10.0 Å². The van der Waals surface area contributed by atoms with Crippen molar-refractivity contribution >= 4 is 28.1 Å². The Bertz CT molecular complexity index is 332. The topological polar surface area (TPSA) is 38.3 Å². The molecule has 3 nitrogen and oxygen atoms in total. The monoisotopic (exact) mass is 255 g/mol. The molecular weight excluding hydrogens is 246 g/mol. The molecule has 0 aliphatic rings. The first kappa shape index (κ1) is 10.8. The Balaban J connectivity index is 2.52. The zero-order valence-electron chi connectivity index (χ0n) is 7.66. The summed E-state index contributed by atoms with van der Waals surface area (Å²) in [5.41, 5.74) is 1.00. The van der Waals surface area contributed by atoms with Crippen LogP contribution in [0.4, 0.5) is 4.79 Å². The number of nitrogens with one attached hydrogen (secondary N) is 1. The van der Waals surface area contributed by atoms with E-state index in [2.05, 4.69) is 26.0 Å². The Morgan fingerprint density at radius 2 is 2.07 bits per heavy atom. The standard InChI is InChI=1S/C10H10BrNO2/c1-14-10(13)12-7-6-8-2-4-9(11)5-3-8/h2-7H,1H3,(H,12,13). The molecule has 1 aromatic rings. The average Bonchev–Trinajstić information content (AvgIpc) is 2.21. The molecule has 1 rings (SSSR count). The fraction of sp³-hybridized carbons (Fsp3) is 0.100. The van der Waals surface area contributed by atoms with Crippen LogP contribution < -0.4 is 5.32 Å². The quantitative estimate of drug-likeness (QED) is 0.883. The van der Waals surface area contributed by atoms with Crippen molar-refractivity contribution in [2.45, 2.75) is 0 Å². The lowest BCUT2D eigenvalue weighted by molar-refractivity contribution is 0.175. The van der Waals surface area contributed by atoms with E-state index >= 15 is 0 Å². The third kappa shape index (κ3) is 3.62. The van der Waals surface area contributed by atoms with Gasteiger partial charge in [-0.1, -0.05) is 28.1 Å². The predicted octanol–water partition coefficient (Wildman–Crippen LogP) is 2.78. The van der Waals surface area contributed by atoms with Crippen LogP contribution in [0.3, 0.4) is 0 Å². The molecule has 0 fully saturated rings. The van der Waals surface area contributed by atoms with Crippen LogP contribution in [-0.4, -0.2) is 13.2 Å². The molecule has 0 atom stereocenters. The number of benzene rings is 1. The highest BCUT2D eigenvalue weighted by atomic mass is 79.9. The van der Waals surface area contributed by atoms with Crippen LogP contribution in [0.15, 0.2) is 34.9 Å². The third-order valence-electron chi connectivity index (χ3n) is 1.53. The van der Waals surface area contributed by atoms with Crippen molar-refractivity contribution in [2.24, 2.45) is 0 Å². The molecule has 0 saturated carbocycles. The van der Waals surface area contributed by atoms with E-state index in [4.69, 9.17) is 0 Å². The van der Waals surface area contributed by atoms with E-state index in [1.54, 1.807) is 6.08 Å². The van der Waals surface area contributed by atoms with Crippen molar-refractivity contribution in [1.82, 2.24) is 5.32 Å². The lowest BCUT2D eigenvalue weighted by Gasteiger charge is -1.96. The van der Waals surface area contributed by atoms with Gasteiger partial charge in [0.15, 0.2) is 0 Å². The van der Waals surface area contributed by atoms with Crippen molar-refractivity contribution in [1.29, 1.82) is 0 Å². The van der Waals surface area contributed by atoms with E-state index in [1.165, 1.54) is 13.3 Å². The molecule has 0 unspecified atom stereocenters. The zero-order valence-corrected chi connectivity index (χ0v) is 9.24. The number of alkyl carbamates (subject to hydrolysis) is 1. The van der Waals surface area contributed by atoms with E-state index < -0.39 is 6.09 Å². The van der Waals surface area contributed by atoms with Crippen LogP contribution in [0.2, 0.25) is 0 Å². The highest BCUT2D eigenvalue weighted by Gasteiger charge is 1.91. The minimum Gasteiger partial charge on any atom is -0.453 e. The first-order valence-corrected chi connectivity index (χ1v) is 4.78. The molecule has 1 N–H and O–H groups in total. The molecule has 1 amide bonds. The van der Waals surface area contributed by atoms with Crippen LogP contribution in [-0.2, 0) is 4.74 Å². The maximum atomic E-state index is 10.7. The van der Waals surface area contributed by atoms with Gasteiger partial charge in [-0.25, -0.2) is 4.79 Å². The summed E-state index contributed by atoms with van der Waals surface area (Å²) in [6, 6.07) is 7.72. The van der Waals surface area contributed by atoms with Crippen LogP contribution in [0.25, 0.3) is 6.08 Å². The third-order valence-corrected chi connectivity index (χ3v) is 2.06. The highest BCUT2D eigenvalue weighted by Crippen LogP contribution is 2.10. The number of hydrogen-bond acceptors (Lipinski definition) is 2. The number of halogens is 1. The van der Waals surface area contributed by atoms with Crippen molar-refractivity contribution in [2.75, 3.05) is 7.11 Å². The molecule has 14 heavy (non-hydrogen) atoms. The van der Waals surface area contributed by atoms with Crippen LogP contribution >= 0.6 is 15.9 Å². The Labute approximate surface area is 90.9 Å². The molecule has 0 radical (unpaired) electrons. The summed E-state index contributed by atoms with van der Waals surface area (Å²) in [5, 5.41) is 2.44. The summed E-state index contributed by atoms with van der Waals surface area (Å²) in [6.07, 6.45) is 2.84. The largest absolute Gasteiger partial charge is 0.453 e. The van der Waals surface area contributed by atoms with Gasteiger partial charge in [0, 0.05) is 10.7 Å². The number of amides is 1. The van der Waals surface area contributed by atoms with Gasteiger partial charge in [0.1, 0.15) is 0 Å². The maximum absolute atomic E-state index is 10.7. The van der Waals surface area contributed by atoms with Crippen molar-refractivity contribution < 1.29 is 9.53 Å². The minimum atomic E-state index is -0.474. The number of ether oxygens (including phenoxy) is 1. The van der Waals surface area contributed by atoms with Crippen molar-refractivity contribution in [3.8, 4) is 0 Å². The number of carbonyl (C=O) groups excluding carboxylic acids is 1. The van der Waals surface area contributed by atoms with Gasteiger partial charge in [0.2, 0.25) is 0 Å². The SMILES string of the molecule is COC(=O)NC=Cc1ccc(Br)cc1. The molecule has 0 spiro atoms. The average molecular weight is 256 g/mol. The van der Waals surface area contributed by atoms with Gasteiger partial charge in [-0.15, -0.1) is 0 Å². The number of methoxy groups -OCH3 is 1. The lowest BCUT2D eigenvalue weighted by atomic mass is 10.2. The number of rotatable bonds is 2. The molecule has 74 valence electrons. The first-order valence-electron chi connectivity index (χ1n) is 3.99. The molecule has 0 heterocycles. The summed E-state index contributed by atoms with van der Waals surface area (Å²) < 4.78 is 5.42. The first-order chi connectivity index (χ1) is 6.72. The normalized spacial score (nSPS) is 10.1. The van der Waals surface area contributed by atoms with Gasteiger partial charge in [0.25, 0.3) is 0 Å². The van der Waals surface area contributed by atoms with E-state index in [1.807, 2.05) is 24.3 Å². The predicted molar refractivity (Wildman–Crippen MR) is 58.7 cm³/mol. The van der Waals surface area contributed by atoms with Gasteiger partial charge >= 0.3 is 6.09 Å². The molecule has 0 aromatic heterocycles. The molecule has 1 aromatic carbocycles. The molecule has 0 saturated heterocycles. The Morgan fingerprint density at radius 3 is 2.64 bits per heavy atom. The fourth-order valence-corrected chi connectivity index (χ4v) is 1.10. The maximum Gasteiger partial charge on any atom is 0.410 e. The molecule has 0 aliphatic carbocycles. The minimum absolute atomic E-state index is 0.474. The molecule has 0 aliphatic heterocycles. The number of carbonyl (C=O) groups is 1. The van der Waals surface area contributed by atoms with Gasteiger partial charge in [0.05, 0.1) is 7.11 Å². The van der Waals surface area contributed by atoms with Crippen molar-refractivity contribution in [3.05, 3.63) is 40.5 Å². The number of hydrogen-bond donors (Lipinski definition) is 1. The van der Waals surface area contributed by atoms with E-state index in [-0.39, 0.29) is 0 Å². The second-order valence-electron chi connectivity index (χ2n) is 2.52. The van der Waals surface area contributed by atoms with Gasteiger partial charge in [-0.2, -0.15) is 0 Å². The Kier molecular flexibility index (Phi) is 4.19. The Morgan fingerprint density at radius 1 is 1.43 bits per heavy atom. The molecular formula is C10H10BrNO2. The van der Waals surface area contributed by atoms with Crippen LogP contribution in [0.1, 0.15) is 5.56 Å². The van der Waals surface area contributed by atoms with E-state index in [9.17, 15) is 4.79 Å². The van der Waals surface area contributed by atoms with Gasteiger partial charge < -0.3 is 4.74 Å². The van der Waals surface area contributed by atoms with Crippen LogP contribution in [0, 0.1) is 0 Å². The molecule has 4 heteroatoms. The lowest BCUT2D eigenvalue weighted by Crippen LogP contribution is -2.15. The summed E-state index contributed by atoms with van der Waals surface area (Å²) in [4.78, 5) is 10.7. The summed E-state index contributed by atoms with van der Waals surface area (Å²) in [6.45, 7) is 0.